The van der Waals surface area contributed by atoms with E-state index in [2.05, 4.69) is 52.7 Å². The van der Waals surface area contributed by atoms with Crippen molar-refractivity contribution >= 4 is 0 Å². The van der Waals surface area contributed by atoms with Gasteiger partial charge in [0.2, 0.25) is 0 Å². The summed E-state index contributed by atoms with van der Waals surface area (Å²) in [6.45, 7) is 14.6. The van der Waals surface area contributed by atoms with Crippen LogP contribution in [-0.4, -0.2) is 23.3 Å². The van der Waals surface area contributed by atoms with Crippen LogP contribution in [0.2, 0.25) is 0 Å². The van der Waals surface area contributed by atoms with Crippen LogP contribution < -0.4 is 0 Å². The second-order valence-corrected chi connectivity index (χ2v) is 7.36. The third-order valence-corrected chi connectivity index (χ3v) is 5.04. The third-order valence-electron chi connectivity index (χ3n) is 5.04. The molecule has 0 amide bonds. The van der Waals surface area contributed by atoms with Gasteiger partial charge in [-0.15, -0.1) is 0 Å². The molecule has 1 aliphatic carbocycles. The Morgan fingerprint density at radius 3 is 2.58 bits per heavy atom. The minimum Gasteiger partial charge on any atom is -0.292 e. The average molecular weight is 265 g/mol. The Bertz CT molecular complexity index is 343. The summed E-state index contributed by atoms with van der Waals surface area (Å²) in [7, 11) is 0. The maximum Gasteiger partial charge on any atom is 0.0887 e. The van der Waals surface area contributed by atoms with E-state index in [0.717, 1.165) is 18.4 Å². The van der Waals surface area contributed by atoms with Crippen LogP contribution in [0.5, 0.6) is 0 Å². The lowest BCUT2D eigenvalue weighted by Crippen LogP contribution is -2.44. The van der Waals surface area contributed by atoms with E-state index >= 15 is 0 Å². The van der Waals surface area contributed by atoms with E-state index in [1.54, 1.807) is 0 Å². The summed E-state index contributed by atoms with van der Waals surface area (Å²) in [5.74, 6) is 2.27. The van der Waals surface area contributed by atoms with Crippen molar-refractivity contribution < 1.29 is 4.84 Å². The van der Waals surface area contributed by atoms with Crippen LogP contribution in [0, 0.1) is 17.8 Å². The highest BCUT2D eigenvalue weighted by Gasteiger charge is 2.52. The molecule has 110 valence electrons. The highest BCUT2D eigenvalue weighted by molar-refractivity contribution is 5.02. The van der Waals surface area contributed by atoms with Gasteiger partial charge in [-0.25, -0.2) is 0 Å². The molecule has 1 aliphatic heterocycles. The quantitative estimate of drug-likeness (QED) is 0.700. The summed E-state index contributed by atoms with van der Waals surface area (Å²) in [6, 6.07) is 0.628. The second-order valence-electron chi connectivity index (χ2n) is 7.36. The molecule has 0 aromatic rings. The number of hydroxylamine groups is 2. The van der Waals surface area contributed by atoms with Crippen molar-refractivity contribution in [1.82, 2.24) is 5.06 Å². The monoisotopic (exact) mass is 265 g/mol. The van der Waals surface area contributed by atoms with Gasteiger partial charge >= 0.3 is 0 Å². The highest BCUT2D eigenvalue weighted by Crippen LogP contribution is 2.49. The molecule has 2 aliphatic rings. The van der Waals surface area contributed by atoms with Gasteiger partial charge in [0, 0.05) is 18.5 Å². The van der Waals surface area contributed by atoms with Crippen molar-refractivity contribution in [2.75, 3.05) is 6.54 Å². The summed E-state index contributed by atoms with van der Waals surface area (Å²) in [5.41, 5.74) is 1.46. The van der Waals surface area contributed by atoms with Crippen molar-refractivity contribution in [2.24, 2.45) is 17.8 Å². The predicted molar refractivity (Wildman–Crippen MR) is 80.8 cm³/mol. The van der Waals surface area contributed by atoms with Crippen LogP contribution >= 0.6 is 0 Å². The van der Waals surface area contributed by atoms with Crippen LogP contribution in [0.1, 0.15) is 60.8 Å². The number of nitrogens with zero attached hydrogens (tertiary/aromatic N) is 1. The number of hydrogen-bond acceptors (Lipinski definition) is 2. The topological polar surface area (TPSA) is 12.5 Å². The van der Waals surface area contributed by atoms with E-state index in [-0.39, 0.29) is 5.60 Å². The van der Waals surface area contributed by atoms with Gasteiger partial charge in [-0.05, 0) is 58.8 Å². The Kier molecular flexibility index (Phi) is 4.42. The first-order valence-electron chi connectivity index (χ1n) is 7.94. The zero-order valence-electron chi connectivity index (χ0n) is 13.6. The smallest absolute Gasteiger partial charge is 0.0887 e. The van der Waals surface area contributed by atoms with Crippen molar-refractivity contribution in [3.05, 3.63) is 11.6 Å². The standard InChI is InChI=1S/C17H31NO/c1-7-18-16-13(4)10-14(9-8-12(2)3)11-15(16)17(5,6)19-18/h8,13-16H,7,9-11H2,1-6H3/t13?,14?,15?,16-/m0/s1. The average Bonchev–Trinajstić information content (AvgIpc) is 2.59. The fraction of sp³-hybridized carbons (Fsp3) is 0.882. The SMILES string of the molecule is CCN1OC(C)(C)C2CC(CC=C(C)C)CC(C)[C@@H]21. The first-order chi connectivity index (χ1) is 8.85. The Morgan fingerprint density at radius 1 is 1.32 bits per heavy atom. The molecule has 4 atom stereocenters. The zero-order chi connectivity index (χ0) is 14.2. The van der Waals surface area contributed by atoms with Gasteiger partial charge in [-0.2, -0.15) is 5.06 Å². The van der Waals surface area contributed by atoms with Crippen LogP contribution in [0.3, 0.4) is 0 Å². The van der Waals surface area contributed by atoms with Crippen molar-refractivity contribution in [3.8, 4) is 0 Å². The number of rotatable bonds is 3. The molecule has 1 saturated carbocycles. The molecule has 0 N–H and O–H groups in total. The highest BCUT2D eigenvalue weighted by atomic mass is 16.7. The summed E-state index contributed by atoms with van der Waals surface area (Å²) in [6.07, 6.45) is 6.33. The molecule has 2 rings (SSSR count). The molecule has 0 aromatic carbocycles. The summed E-state index contributed by atoms with van der Waals surface area (Å²) in [5, 5.41) is 2.26. The molecule has 3 unspecified atom stereocenters. The van der Waals surface area contributed by atoms with Crippen molar-refractivity contribution in [1.29, 1.82) is 0 Å². The minimum absolute atomic E-state index is 0.0125. The summed E-state index contributed by atoms with van der Waals surface area (Å²) < 4.78 is 0. The summed E-state index contributed by atoms with van der Waals surface area (Å²) in [4.78, 5) is 6.21. The molecule has 0 radical (unpaired) electrons. The Morgan fingerprint density at radius 2 is 2.00 bits per heavy atom. The Balaban J connectivity index is 2.11. The van der Waals surface area contributed by atoms with E-state index in [0.29, 0.717) is 12.0 Å². The lowest BCUT2D eigenvalue weighted by Gasteiger charge is -2.40. The van der Waals surface area contributed by atoms with Crippen molar-refractivity contribution in [3.63, 3.8) is 0 Å². The Labute approximate surface area is 119 Å². The van der Waals surface area contributed by atoms with Gasteiger partial charge in [-0.3, -0.25) is 4.84 Å². The molecule has 2 heteroatoms. The fourth-order valence-electron chi connectivity index (χ4n) is 4.14. The van der Waals surface area contributed by atoms with Gasteiger partial charge in [0.05, 0.1) is 5.60 Å². The molecule has 0 spiro atoms. The summed E-state index contributed by atoms with van der Waals surface area (Å²) >= 11 is 0. The van der Waals surface area contributed by atoms with E-state index in [1.807, 2.05) is 0 Å². The molecular formula is C17H31NO. The van der Waals surface area contributed by atoms with Crippen molar-refractivity contribution in [2.45, 2.75) is 72.4 Å². The maximum atomic E-state index is 6.21. The van der Waals surface area contributed by atoms with E-state index < -0.39 is 0 Å². The minimum atomic E-state index is 0.0125. The molecule has 1 heterocycles. The molecule has 0 bridgehead atoms. The van der Waals surface area contributed by atoms with Gasteiger partial charge in [0.15, 0.2) is 0 Å². The fourth-order valence-corrected chi connectivity index (χ4v) is 4.14. The van der Waals surface area contributed by atoms with Crippen LogP contribution in [0.4, 0.5) is 0 Å². The zero-order valence-corrected chi connectivity index (χ0v) is 13.6. The maximum absolute atomic E-state index is 6.21. The molecule has 1 saturated heterocycles. The molecule has 2 nitrogen and oxygen atoms in total. The van der Waals surface area contributed by atoms with Crippen LogP contribution in [0.25, 0.3) is 0 Å². The first kappa shape index (κ1) is 15.1. The molecule has 2 fully saturated rings. The lowest BCUT2D eigenvalue weighted by molar-refractivity contribution is -0.195. The predicted octanol–water partition coefficient (Wildman–Crippen LogP) is 4.42. The molecule has 19 heavy (non-hydrogen) atoms. The van der Waals surface area contributed by atoms with Gasteiger partial charge < -0.3 is 0 Å². The number of fused-ring (bicyclic) bond motifs is 1. The normalized spacial score (nSPS) is 38.0. The first-order valence-corrected chi connectivity index (χ1v) is 7.94. The number of hydrogen-bond donors (Lipinski definition) is 0. The van der Waals surface area contributed by atoms with Gasteiger partial charge in [0.1, 0.15) is 0 Å². The molecule has 0 aromatic heterocycles. The second kappa shape index (κ2) is 5.57. The van der Waals surface area contributed by atoms with Gasteiger partial charge in [-0.1, -0.05) is 25.5 Å². The lowest BCUT2D eigenvalue weighted by atomic mass is 9.67. The van der Waals surface area contributed by atoms with E-state index in [4.69, 9.17) is 4.84 Å². The largest absolute Gasteiger partial charge is 0.292 e. The number of allylic oxidation sites excluding steroid dienone is 2. The Hall–Kier alpha value is -0.340. The molecular weight excluding hydrogens is 234 g/mol. The van der Waals surface area contributed by atoms with E-state index in [9.17, 15) is 0 Å². The van der Waals surface area contributed by atoms with Crippen LogP contribution in [-0.2, 0) is 4.84 Å². The third kappa shape index (κ3) is 3.05. The van der Waals surface area contributed by atoms with Gasteiger partial charge in [0.25, 0.3) is 0 Å². The van der Waals surface area contributed by atoms with Crippen LogP contribution in [0.15, 0.2) is 11.6 Å². The van der Waals surface area contributed by atoms with E-state index in [1.165, 1.54) is 24.8 Å².